The second-order valence-corrected chi connectivity index (χ2v) is 8.60. The predicted molar refractivity (Wildman–Crippen MR) is 104 cm³/mol. The van der Waals surface area contributed by atoms with Gasteiger partial charge in [-0.15, -0.1) is 0 Å². The molecule has 1 aromatic heterocycles. The number of piperazine rings is 1. The molecule has 7 nitrogen and oxygen atoms in total. The van der Waals surface area contributed by atoms with Gasteiger partial charge in [-0.1, -0.05) is 17.7 Å². The van der Waals surface area contributed by atoms with Crippen molar-refractivity contribution < 1.29 is 13.2 Å². The SMILES string of the molecule is Cc1ccc(NC(=O)[C@@H](C)N2CCN(S(=O)(=O)c3cccnc3)CC2)cc1. The molecule has 1 aliphatic heterocycles. The van der Waals surface area contributed by atoms with Gasteiger partial charge in [0.25, 0.3) is 0 Å². The van der Waals surface area contributed by atoms with Crippen LogP contribution in [0.4, 0.5) is 5.69 Å². The Bertz CT molecular complexity index is 877. The minimum atomic E-state index is -3.54. The second kappa shape index (κ2) is 8.16. The normalized spacial score (nSPS) is 17.4. The van der Waals surface area contributed by atoms with Crippen molar-refractivity contribution in [3.05, 3.63) is 54.4 Å². The largest absolute Gasteiger partial charge is 0.325 e. The molecule has 2 heterocycles. The number of benzene rings is 1. The van der Waals surface area contributed by atoms with Gasteiger partial charge >= 0.3 is 0 Å². The number of nitrogens with zero attached hydrogens (tertiary/aromatic N) is 3. The van der Waals surface area contributed by atoms with Crippen molar-refractivity contribution in [1.29, 1.82) is 0 Å². The number of amides is 1. The summed E-state index contributed by atoms with van der Waals surface area (Å²) in [6.45, 7) is 5.53. The van der Waals surface area contributed by atoms with Crippen LogP contribution in [0.5, 0.6) is 0 Å². The highest BCUT2D eigenvalue weighted by Crippen LogP contribution is 2.18. The molecule has 1 N–H and O–H groups in total. The molecule has 144 valence electrons. The third-order valence-corrected chi connectivity index (χ3v) is 6.67. The van der Waals surface area contributed by atoms with Gasteiger partial charge in [-0.05, 0) is 38.1 Å². The molecule has 2 aromatic rings. The van der Waals surface area contributed by atoms with Crippen molar-refractivity contribution in [2.45, 2.75) is 24.8 Å². The van der Waals surface area contributed by atoms with Crippen molar-refractivity contribution >= 4 is 21.6 Å². The van der Waals surface area contributed by atoms with Crippen LogP contribution < -0.4 is 5.32 Å². The molecule has 1 aromatic carbocycles. The van der Waals surface area contributed by atoms with Crippen LogP contribution in [-0.4, -0.2) is 60.7 Å². The quantitative estimate of drug-likeness (QED) is 0.843. The minimum absolute atomic E-state index is 0.0950. The molecular formula is C19H24N4O3S. The van der Waals surface area contributed by atoms with E-state index in [1.165, 1.54) is 10.5 Å². The van der Waals surface area contributed by atoms with Crippen molar-refractivity contribution in [2.24, 2.45) is 0 Å². The molecule has 27 heavy (non-hydrogen) atoms. The Kier molecular flexibility index (Phi) is 5.88. The highest BCUT2D eigenvalue weighted by atomic mass is 32.2. The van der Waals surface area contributed by atoms with Crippen molar-refractivity contribution in [1.82, 2.24) is 14.2 Å². The average molecular weight is 388 g/mol. The molecule has 1 fully saturated rings. The first-order valence-corrected chi connectivity index (χ1v) is 10.3. The number of aromatic nitrogens is 1. The number of aryl methyl sites for hydroxylation is 1. The second-order valence-electron chi connectivity index (χ2n) is 6.66. The van der Waals surface area contributed by atoms with Crippen molar-refractivity contribution in [2.75, 3.05) is 31.5 Å². The van der Waals surface area contributed by atoms with E-state index in [2.05, 4.69) is 10.3 Å². The Morgan fingerprint density at radius 1 is 1.11 bits per heavy atom. The Hall–Kier alpha value is -2.29. The fraction of sp³-hybridized carbons (Fsp3) is 0.368. The number of pyridine rings is 1. The van der Waals surface area contributed by atoms with E-state index < -0.39 is 10.0 Å². The Labute approximate surface area is 160 Å². The number of hydrogen-bond donors (Lipinski definition) is 1. The van der Waals surface area contributed by atoms with E-state index in [1.54, 1.807) is 18.3 Å². The van der Waals surface area contributed by atoms with Crippen LogP contribution in [0.25, 0.3) is 0 Å². The van der Waals surface area contributed by atoms with Gasteiger partial charge in [-0.25, -0.2) is 8.42 Å². The van der Waals surface area contributed by atoms with Gasteiger partial charge in [0.1, 0.15) is 4.90 Å². The number of rotatable bonds is 5. The molecule has 0 aliphatic carbocycles. The maximum absolute atomic E-state index is 12.7. The Morgan fingerprint density at radius 2 is 1.78 bits per heavy atom. The zero-order valence-corrected chi connectivity index (χ0v) is 16.3. The van der Waals surface area contributed by atoms with Gasteiger partial charge in [0, 0.05) is 44.3 Å². The molecule has 1 saturated heterocycles. The van der Waals surface area contributed by atoms with E-state index in [-0.39, 0.29) is 16.8 Å². The Balaban J connectivity index is 1.58. The fourth-order valence-electron chi connectivity index (χ4n) is 3.03. The van der Waals surface area contributed by atoms with Gasteiger partial charge in [0.05, 0.1) is 6.04 Å². The van der Waals surface area contributed by atoms with E-state index in [4.69, 9.17) is 0 Å². The summed E-state index contributed by atoms with van der Waals surface area (Å²) in [4.78, 5) is 18.6. The smallest absolute Gasteiger partial charge is 0.244 e. The topological polar surface area (TPSA) is 82.6 Å². The first-order valence-electron chi connectivity index (χ1n) is 8.90. The number of hydrogen-bond acceptors (Lipinski definition) is 5. The van der Waals surface area contributed by atoms with Crippen molar-refractivity contribution in [3.8, 4) is 0 Å². The third kappa shape index (κ3) is 4.52. The summed E-state index contributed by atoms with van der Waals surface area (Å²) in [5.41, 5.74) is 1.89. The van der Waals surface area contributed by atoms with E-state index >= 15 is 0 Å². The van der Waals surface area contributed by atoms with Crippen LogP contribution >= 0.6 is 0 Å². The van der Waals surface area contributed by atoms with Gasteiger partial charge in [-0.3, -0.25) is 14.7 Å². The summed E-state index contributed by atoms with van der Waals surface area (Å²) < 4.78 is 26.8. The van der Waals surface area contributed by atoms with Crippen LogP contribution in [0, 0.1) is 6.92 Å². The summed E-state index contributed by atoms with van der Waals surface area (Å²) >= 11 is 0. The highest BCUT2D eigenvalue weighted by molar-refractivity contribution is 7.89. The lowest BCUT2D eigenvalue weighted by Gasteiger charge is -2.36. The summed E-state index contributed by atoms with van der Waals surface area (Å²) in [6, 6.07) is 10.5. The van der Waals surface area contributed by atoms with Gasteiger partial charge in [-0.2, -0.15) is 4.31 Å². The van der Waals surface area contributed by atoms with E-state index in [1.807, 2.05) is 43.0 Å². The van der Waals surface area contributed by atoms with Gasteiger partial charge in [0.2, 0.25) is 15.9 Å². The molecule has 1 atom stereocenters. The number of nitrogens with one attached hydrogen (secondary N) is 1. The molecule has 0 unspecified atom stereocenters. The minimum Gasteiger partial charge on any atom is -0.325 e. The fourth-order valence-corrected chi connectivity index (χ4v) is 4.42. The predicted octanol–water partition coefficient (Wildman–Crippen LogP) is 1.72. The number of anilines is 1. The standard InChI is InChI=1S/C19H24N4O3S/c1-15-5-7-17(8-6-15)21-19(24)16(2)22-10-12-23(13-11-22)27(25,26)18-4-3-9-20-14-18/h3-9,14,16H,10-13H2,1-2H3,(H,21,24)/t16-/m1/s1. The lowest BCUT2D eigenvalue weighted by atomic mass is 10.2. The summed E-state index contributed by atoms with van der Waals surface area (Å²) in [7, 11) is -3.54. The summed E-state index contributed by atoms with van der Waals surface area (Å²) in [5.74, 6) is -0.0950. The monoisotopic (exact) mass is 388 g/mol. The molecule has 0 saturated carbocycles. The van der Waals surface area contributed by atoms with E-state index in [9.17, 15) is 13.2 Å². The Morgan fingerprint density at radius 3 is 2.37 bits per heavy atom. The first-order chi connectivity index (χ1) is 12.9. The molecule has 1 aliphatic rings. The molecule has 0 bridgehead atoms. The first kappa shape index (κ1) is 19.5. The number of carbonyl (C=O) groups is 1. The van der Waals surface area contributed by atoms with Crippen molar-refractivity contribution in [3.63, 3.8) is 0 Å². The van der Waals surface area contributed by atoms with E-state index in [0.29, 0.717) is 26.2 Å². The summed E-state index contributed by atoms with van der Waals surface area (Å²) in [6.07, 6.45) is 2.91. The molecule has 0 spiro atoms. The zero-order valence-electron chi connectivity index (χ0n) is 15.5. The highest BCUT2D eigenvalue weighted by Gasteiger charge is 2.31. The zero-order chi connectivity index (χ0) is 19.4. The molecular weight excluding hydrogens is 364 g/mol. The maximum atomic E-state index is 12.7. The summed E-state index contributed by atoms with van der Waals surface area (Å²) in [5, 5.41) is 2.91. The average Bonchev–Trinajstić information content (AvgIpc) is 2.70. The molecule has 1 amide bonds. The van der Waals surface area contributed by atoms with Gasteiger partial charge in [0.15, 0.2) is 0 Å². The van der Waals surface area contributed by atoms with Crippen LogP contribution in [0.15, 0.2) is 53.7 Å². The lowest BCUT2D eigenvalue weighted by molar-refractivity contribution is -0.121. The molecule has 8 heteroatoms. The molecule has 3 rings (SSSR count). The van der Waals surface area contributed by atoms with Crippen LogP contribution in [0.2, 0.25) is 0 Å². The third-order valence-electron chi connectivity index (χ3n) is 4.79. The molecule has 0 radical (unpaired) electrons. The number of carbonyl (C=O) groups excluding carboxylic acids is 1. The van der Waals surface area contributed by atoms with Crippen LogP contribution in [0.1, 0.15) is 12.5 Å². The van der Waals surface area contributed by atoms with E-state index in [0.717, 1.165) is 11.3 Å². The maximum Gasteiger partial charge on any atom is 0.244 e. The number of sulfonamides is 1. The lowest BCUT2D eigenvalue weighted by Crippen LogP contribution is -2.53. The van der Waals surface area contributed by atoms with Gasteiger partial charge < -0.3 is 5.32 Å². The van der Waals surface area contributed by atoms with Crippen LogP contribution in [0.3, 0.4) is 0 Å². The van der Waals surface area contributed by atoms with Crippen LogP contribution in [-0.2, 0) is 14.8 Å².